The molecule has 0 N–H and O–H groups in total. The van der Waals surface area contributed by atoms with E-state index >= 15 is 0 Å². The van der Waals surface area contributed by atoms with E-state index in [9.17, 15) is 0 Å². The third kappa shape index (κ3) is 5.89. The number of benzene rings is 4. The first-order valence-corrected chi connectivity index (χ1v) is 19.7. The zero-order valence-corrected chi connectivity index (χ0v) is 28.3. The molecule has 0 fully saturated rings. The van der Waals surface area contributed by atoms with Crippen molar-refractivity contribution in [2.24, 2.45) is 0 Å². The molecule has 0 radical (unpaired) electrons. The summed E-state index contributed by atoms with van der Waals surface area (Å²) in [6.07, 6.45) is 7.23. The first-order valence-electron chi connectivity index (χ1n) is 13.1. The second-order valence-corrected chi connectivity index (χ2v) is 19.0. The standard InChI is InChI=1S/C34H20S8/c1-2-10-21(11-3-1)22(18-31-35-23-12-4-5-13-24(23)36-31)34-41-29(19-32-37-25-14-6-7-15-26(25)38-32)30(42-34)20-33-39-27-16-8-9-17-28(27)40-33/h1-20H. The Morgan fingerprint density at radius 2 is 0.738 bits per heavy atom. The van der Waals surface area contributed by atoms with Gasteiger partial charge in [-0.15, -0.1) is 0 Å². The Labute approximate surface area is 280 Å². The van der Waals surface area contributed by atoms with Crippen molar-refractivity contribution in [3.8, 4) is 0 Å². The fourth-order valence-corrected chi connectivity index (χ4v) is 14.6. The summed E-state index contributed by atoms with van der Waals surface area (Å²) in [6, 6.07) is 37.0. The van der Waals surface area contributed by atoms with Crippen molar-refractivity contribution < 1.29 is 0 Å². The van der Waals surface area contributed by atoms with Crippen LogP contribution in [0.4, 0.5) is 0 Å². The minimum Gasteiger partial charge on any atom is -0.0815 e. The molecule has 0 aromatic heterocycles. The van der Waals surface area contributed by atoms with E-state index in [1.165, 1.54) is 67.3 Å². The minimum atomic E-state index is 1.26. The highest BCUT2D eigenvalue weighted by atomic mass is 32.2. The van der Waals surface area contributed by atoms with Crippen LogP contribution >= 0.6 is 94.1 Å². The Bertz CT molecular complexity index is 1720. The first-order chi connectivity index (χ1) is 20.7. The molecule has 4 heterocycles. The summed E-state index contributed by atoms with van der Waals surface area (Å²) in [5.74, 6) is 0. The summed E-state index contributed by atoms with van der Waals surface area (Å²) in [5, 5.41) is 0. The normalized spacial score (nSPS) is 17.0. The largest absolute Gasteiger partial charge is 0.0815 e. The van der Waals surface area contributed by atoms with Crippen LogP contribution in [0, 0.1) is 0 Å². The number of fused-ring (bicyclic) bond motifs is 3. The van der Waals surface area contributed by atoms with Crippen LogP contribution in [0.2, 0.25) is 0 Å². The summed E-state index contributed by atoms with van der Waals surface area (Å²) in [4.78, 5) is 10.7. The molecule has 0 nitrogen and oxygen atoms in total. The molecule has 0 saturated carbocycles. The number of thioether (sulfide) groups is 8. The fourth-order valence-electron chi connectivity index (χ4n) is 4.59. The van der Waals surface area contributed by atoms with Crippen molar-refractivity contribution in [2.75, 3.05) is 0 Å². The van der Waals surface area contributed by atoms with Crippen molar-refractivity contribution >= 4 is 99.7 Å². The van der Waals surface area contributed by atoms with Gasteiger partial charge in [0.05, 0.1) is 16.9 Å². The van der Waals surface area contributed by atoms with Gasteiger partial charge in [0.15, 0.2) is 0 Å². The van der Waals surface area contributed by atoms with Crippen LogP contribution in [-0.4, -0.2) is 0 Å². The van der Waals surface area contributed by atoms with Crippen LogP contribution in [0.15, 0.2) is 177 Å². The molecule has 0 spiro atoms. The third-order valence-electron chi connectivity index (χ3n) is 6.52. The molecule has 42 heavy (non-hydrogen) atoms. The number of hydrogen-bond acceptors (Lipinski definition) is 8. The monoisotopic (exact) mass is 684 g/mol. The van der Waals surface area contributed by atoms with Gasteiger partial charge in [0, 0.05) is 44.8 Å². The van der Waals surface area contributed by atoms with Gasteiger partial charge in [-0.25, -0.2) is 0 Å². The molecule has 0 aliphatic carbocycles. The summed E-state index contributed by atoms with van der Waals surface area (Å²) in [6.45, 7) is 0. The average molecular weight is 685 g/mol. The van der Waals surface area contributed by atoms with Crippen LogP contribution in [0.5, 0.6) is 0 Å². The minimum absolute atomic E-state index is 1.26. The molecule has 0 saturated heterocycles. The topological polar surface area (TPSA) is 0 Å². The average Bonchev–Trinajstić information content (AvgIpc) is 3.80. The smallest absolute Gasteiger partial charge is 0.0578 e. The van der Waals surface area contributed by atoms with Gasteiger partial charge in [0.2, 0.25) is 0 Å². The van der Waals surface area contributed by atoms with Crippen LogP contribution in [0.25, 0.3) is 5.57 Å². The summed E-state index contributed by atoms with van der Waals surface area (Å²) in [5.41, 5.74) is 2.55. The van der Waals surface area contributed by atoms with E-state index in [0.717, 1.165) is 0 Å². The summed E-state index contributed by atoms with van der Waals surface area (Å²) < 4.78 is 5.33. The molecule has 0 unspecified atom stereocenters. The molecule has 0 bridgehead atoms. The van der Waals surface area contributed by atoms with E-state index in [1.807, 2.05) is 94.1 Å². The predicted molar refractivity (Wildman–Crippen MR) is 194 cm³/mol. The zero-order valence-electron chi connectivity index (χ0n) is 21.8. The second kappa shape index (κ2) is 12.4. The van der Waals surface area contributed by atoms with Gasteiger partial charge in [-0.1, -0.05) is 161 Å². The van der Waals surface area contributed by atoms with Crippen molar-refractivity contribution in [3.05, 3.63) is 154 Å². The Hall–Kier alpha value is -1.62. The first kappa shape index (κ1) is 27.9. The Morgan fingerprint density at radius 3 is 1.14 bits per heavy atom. The summed E-state index contributed by atoms with van der Waals surface area (Å²) in [7, 11) is 0. The highest BCUT2D eigenvalue weighted by molar-refractivity contribution is 8.29. The van der Waals surface area contributed by atoms with E-state index in [-0.39, 0.29) is 0 Å². The van der Waals surface area contributed by atoms with Crippen LogP contribution in [0.3, 0.4) is 0 Å². The van der Waals surface area contributed by atoms with Gasteiger partial charge in [-0.2, -0.15) is 0 Å². The highest BCUT2D eigenvalue weighted by Gasteiger charge is 2.27. The molecule has 4 aromatic carbocycles. The molecule has 4 aromatic rings. The quantitative estimate of drug-likeness (QED) is 0.206. The Kier molecular flexibility index (Phi) is 8.24. The molecule has 8 rings (SSSR count). The summed E-state index contributed by atoms with van der Waals surface area (Å²) >= 11 is 15.1. The van der Waals surface area contributed by atoms with E-state index in [2.05, 4.69) is 121 Å². The van der Waals surface area contributed by atoms with E-state index in [4.69, 9.17) is 0 Å². The molecule has 8 heteroatoms. The van der Waals surface area contributed by atoms with Crippen LogP contribution in [0.1, 0.15) is 5.56 Å². The lowest BCUT2D eigenvalue weighted by Crippen LogP contribution is -1.83. The molecule has 204 valence electrons. The highest BCUT2D eigenvalue weighted by Crippen LogP contribution is 2.60. The van der Waals surface area contributed by atoms with Gasteiger partial charge >= 0.3 is 0 Å². The van der Waals surface area contributed by atoms with Crippen molar-refractivity contribution in [1.29, 1.82) is 0 Å². The van der Waals surface area contributed by atoms with E-state index < -0.39 is 0 Å². The van der Waals surface area contributed by atoms with E-state index in [0.29, 0.717) is 0 Å². The number of hydrogen-bond donors (Lipinski definition) is 0. The lowest BCUT2D eigenvalue weighted by molar-refractivity contribution is 1.27. The Balaban J connectivity index is 1.19. The van der Waals surface area contributed by atoms with Crippen LogP contribution in [-0.2, 0) is 0 Å². The SMILES string of the molecule is C(=C1Sc2ccccc2S1)C1=C(C=C2Sc3ccccc3S2)SC(=C(C=C2Sc3ccccc3S2)c2ccccc2)S1. The molecular weight excluding hydrogens is 665 g/mol. The zero-order chi connectivity index (χ0) is 27.9. The number of rotatable bonds is 4. The number of allylic oxidation sites excluding steroid dienone is 4. The van der Waals surface area contributed by atoms with Crippen molar-refractivity contribution in [2.45, 2.75) is 29.4 Å². The van der Waals surface area contributed by atoms with Gasteiger partial charge in [0.1, 0.15) is 0 Å². The predicted octanol–water partition coefficient (Wildman–Crippen LogP) is 13.3. The fraction of sp³-hybridized carbons (Fsp3) is 0. The van der Waals surface area contributed by atoms with Gasteiger partial charge in [0.25, 0.3) is 0 Å². The molecule has 0 amide bonds. The van der Waals surface area contributed by atoms with Gasteiger partial charge in [-0.05, 0) is 60.2 Å². The molecular formula is C34H20S8. The van der Waals surface area contributed by atoms with Crippen molar-refractivity contribution in [1.82, 2.24) is 0 Å². The lowest BCUT2D eigenvalue weighted by Gasteiger charge is -2.08. The maximum atomic E-state index is 2.41. The van der Waals surface area contributed by atoms with Crippen molar-refractivity contribution in [3.63, 3.8) is 0 Å². The van der Waals surface area contributed by atoms with Gasteiger partial charge < -0.3 is 0 Å². The maximum Gasteiger partial charge on any atom is 0.0578 e. The van der Waals surface area contributed by atoms with E-state index in [1.54, 1.807) is 0 Å². The molecule has 4 aliphatic heterocycles. The Morgan fingerprint density at radius 1 is 0.381 bits per heavy atom. The van der Waals surface area contributed by atoms with Crippen LogP contribution < -0.4 is 0 Å². The van der Waals surface area contributed by atoms with Gasteiger partial charge in [-0.3, -0.25) is 0 Å². The third-order valence-corrected chi connectivity index (χ3v) is 16.3. The maximum absolute atomic E-state index is 2.41. The molecule has 4 aliphatic rings. The molecule has 0 atom stereocenters. The second-order valence-electron chi connectivity index (χ2n) is 9.34. The lowest BCUT2D eigenvalue weighted by atomic mass is 10.1.